The van der Waals surface area contributed by atoms with Gasteiger partial charge in [0, 0.05) is 11.0 Å². The molecule has 0 aromatic heterocycles. The predicted molar refractivity (Wildman–Crippen MR) is 78.4 cm³/mol. The van der Waals surface area contributed by atoms with Crippen molar-refractivity contribution in [1.82, 2.24) is 5.32 Å². The molecular weight excluding hydrogens is 347 g/mol. The first-order chi connectivity index (χ1) is 9.91. The molecular formula is C15H13BrF3NO. The summed E-state index contributed by atoms with van der Waals surface area (Å²) < 4.78 is 44.8. The Kier molecular flexibility index (Phi) is 4.90. The molecule has 6 heteroatoms. The van der Waals surface area contributed by atoms with Crippen LogP contribution in [-0.4, -0.2) is 7.05 Å². The normalized spacial score (nSPS) is 11.5. The van der Waals surface area contributed by atoms with E-state index in [4.69, 9.17) is 4.74 Å². The monoisotopic (exact) mass is 359 g/mol. The molecule has 0 heterocycles. The Bertz CT molecular complexity index is 629. The van der Waals surface area contributed by atoms with E-state index in [0.717, 1.165) is 16.1 Å². The van der Waals surface area contributed by atoms with Crippen molar-refractivity contribution in [2.24, 2.45) is 0 Å². The highest BCUT2D eigenvalue weighted by Gasteiger charge is 2.34. The molecule has 0 spiro atoms. The minimum atomic E-state index is -4.44. The van der Waals surface area contributed by atoms with Crippen LogP contribution in [0.3, 0.4) is 0 Å². The average Bonchev–Trinajstić information content (AvgIpc) is 2.41. The van der Waals surface area contributed by atoms with Gasteiger partial charge in [-0.1, -0.05) is 34.1 Å². The lowest BCUT2D eigenvalue weighted by Crippen LogP contribution is -2.07. The third-order valence-corrected chi connectivity index (χ3v) is 3.55. The summed E-state index contributed by atoms with van der Waals surface area (Å²) in [6.45, 7) is 0.653. The molecule has 0 aliphatic heterocycles. The summed E-state index contributed by atoms with van der Waals surface area (Å²) >= 11 is 3.38. The highest BCUT2D eigenvalue weighted by Crippen LogP contribution is 2.38. The fraction of sp³-hybridized carbons (Fsp3) is 0.200. The second kappa shape index (κ2) is 6.49. The molecule has 112 valence electrons. The van der Waals surface area contributed by atoms with Crippen LogP contribution in [0.15, 0.2) is 46.9 Å². The molecule has 2 aromatic rings. The summed E-state index contributed by atoms with van der Waals surface area (Å²) in [6, 6.07) is 10.2. The van der Waals surface area contributed by atoms with Gasteiger partial charge in [-0.05, 0) is 36.9 Å². The Balaban J connectivity index is 2.29. The summed E-state index contributed by atoms with van der Waals surface area (Å²) in [5.41, 5.74) is 0.203. The highest BCUT2D eigenvalue weighted by molar-refractivity contribution is 9.10. The van der Waals surface area contributed by atoms with E-state index in [0.29, 0.717) is 12.3 Å². The van der Waals surface area contributed by atoms with Crippen LogP contribution in [-0.2, 0) is 12.7 Å². The minimum absolute atomic E-state index is 0.210. The molecule has 1 N–H and O–H groups in total. The molecule has 0 aliphatic rings. The molecule has 21 heavy (non-hydrogen) atoms. The number of hydrogen-bond donors (Lipinski definition) is 1. The number of alkyl halides is 3. The van der Waals surface area contributed by atoms with Gasteiger partial charge >= 0.3 is 6.18 Å². The van der Waals surface area contributed by atoms with Crippen LogP contribution in [0.4, 0.5) is 13.2 Å². The standard InChI is InChI=1S/C15H13BrF3NO/c1-20-9-10-6-7-11(8-13(10)16)21-14-5-3-2-4-12(14)15(17,18)19/h2-8,20H,9H2,1H3. The molecule has 2 aromatic carbocycles. The van der Waals surface area contributed by atoms with Crippen LogP contribution < -0.4 is 10.1 Å². The number of para-hydroxylation sites is 1. The van der Waals surface area contributed by atoms with Crippen molar-refractivity contribution < 1.29 is 17.9 Å². The second-order valence-electron chi connectivity index (χ2n) is 4.38. The zero-order valence-electron chi connectivity index (χ0n) is 11.2. The third kappa shape index (κ3) is 3.98. The van der Waals surface area contributed by atoms with Crippen LogP contribution in [0.25, 0.3) is 0 Å². The molecule has 0 saturated carbocycles. The Morgan fingerprint density at radius 1 is 1.14 bits per heavy atom. The van der Waals surface area contributed by atoms with E-state index in [1.54, 1.807) is 18.2 Å². The molecule has 0 bridgehead atoms. The number of benzene rings is 2. The minimum Gasteiger partial charge on any atom is -0.457 e. The van der Waals surface area contributed by atoms with Crippen LogP contribution in [0.2, 0.25) is 0 Å². The SMILES string of the molecule is CNCc1ccc(Oc2ccccc2C(F)(F)F)cc1Br. The Hall–Kier alpha value is -1.53. The van der Waals surface area contributed by atoms with Crippen LogP contribution in [0, 0.1) is 0 Å². The van der Waals surface area contributed by atoms with Gasteiger partial charge in [0.1, 0.15) is 11.5 Å². The maximum absolute atomic E-state index is 12.9. The van der Waals surface area contributed by atoms with Gasteiger partial charge in [0.15, 0.2) is 0 Å². The van der Waals surface area contributed by atoms with Crippen LogP contribution in [0.1, 0.15) is 11.1 Å². The zero-order chi connectivity index (χ0) is 15.5. The summed E-state index contributed by atoms with van der Waals surface area (Å²) in [4.78, 5) is 0. The van der Waals surface area contributed by atoms with E-state index in [1.165, 1.54) is 18.2 Å². The largest absolute Gasteiger partial charge is 0.457 e. The van der Waals surface area contributed by atoms with Gasteiger partial charge < -0.3 is 10.1 Å². The van der Waals surface area contributed by atoms with Crippen molar-refractivity contribution in [3.63, 3.8) is 0 Å². The summed E-state index contributed by atoms with van der Waals surface area (Å²) in [7, 11) is 1.82. The van der Waals surface area contributed by atoms with Crippen molar-refractivity contribution in [3.05, 3.63) is 58.1 Å². The second-order valence-corrected chi connectivity index (χ2v) is 5.23. The first-order valence-corrected chi connectivity index (χ1v) is 6.98. The lowest BCUT2D eigenvalue weighted by molar-refractivity contribution is -0.138. The van der Waals surface area contributed by atoms with Crippen LogP contribution >= 0.6 is 15.9 Å². The number of hydrogen-bond acceptors (Lipinski definition) is 2. The van der Waals surface area contributed by atoms with E-state index >= 15 is 0 Å². The van der Waals surface area contributed by atoms with Crippen molar-refractivity contribution in [3.8, 4) is 11.5 Å². The molecule has 0 unspecified atom stereocenters. The quantitative estimate of drug-likeness (QED) is 0.831. The lowest BCUT2D eigenvalue weighted by atomic mass is 10.2. The van der Waals surface area contributed by atoms with E-state index < -0.39 is 11.7 Å². The molecule has 0 amide bonds. The molecule has 2 nitrogen and oxygen atoms in total. The Morgan fingerprint density at radius 3 is 2.48 bits per heavy atom. The van der Waals surface area contributed by atoms with Gasteiger partial charge in [-0.3, -0.25) is 0 Å². The first kappa shape index (κ1) is 15.9. The fourth-order valence-electron chi connectivity index (χ4n) is 1.84. The van der Waals surface area contributed by atoms with Gasteiger partial charge in [-0.2, -0.15) is 13.2 Å². The van der Waals surface area contributed by atoms with Crippen molar-refractivity contribution >= 4 is 15.9 Å². The van der Waals surface area contributed by atoms with E-state index in [9.17, 15) is 13.2 Å². The van der Waals surface area contributed by atoms with Crippen molar-refractivity contribution in [2.75, 3.05) is 7.05 Å². The molecule has 0 fully saturated rings. The van der Waals surface area contributed by atoms with Crippen LogP contribution in [0.5, 0.6) is 11.5 Å². The lowest BCUT2D eigenvalue weighted by Gasteiger charge is -2.14. The van der Waals surface area contributed by atoms with Crippen molar-refractivity contribution in [2.45, 2.75) is 12.7 Å². The van der Waals surface area contributed by atoms with Gasteiger partial charge in [0.05, 0.1) is 5.56 Å². The smallest absolute Gasteiger partial charge is 0.419 e. The molecule has 0 saturated heterocycles. The number of halogens is 4. The van der Waals surface area contributed by atoms with E-state index in [2.05, 4.69) is 21.2 Å². The summed E-state index contributed by atoms with van der Waals surface area (Å²) in [5.74, 6) is 0.136. The van der Waals surface area contributed by atoms with Gasteiger partial charge in [0.25, 0.3) is 0 Å². The summed E-state index contributed by atoms with van der Waals surface area (Å²) in [6.07, 6.45) is -4.44. The highest BCUT2D eigenvalue weighted by atomic mass is 79.9. The topological polar surface area (TPSA) is 21.3 Å². The first-order valence-electron chi connectivity index (χ1n) is 6.19. The van der Waals surface area contributed by atoms with Gasteiger partial charge in [-0.25, -0.2) is 0 Å². The Morgan fingerprint density at radius 2 is 1.86 bits per heavy atom. The summed E-state index contributed by atoms with van der Waals surface area (Å²) in [5, 5.41) is 3.00. The molecule has 2 rings (SSSR count). The average molecular weight is 360 g/mol. The number of rotatable bonds is 4. The van der Waals surface area contributed by atoms with E-state index in [1.807, 2.05) is 7.05 Å². The van der Waals surface area contributed by atoms with E-state index in [-0.39, 0.29) is 5.75 Å². The molecule has 0 atom stereocenters. The maximum Gasteiger partial charge on any atom is 0.419 e. The predicted octanol–water partition coefficient (Wildman–Crippen LogP) is 4.98. The molecule has 0 aliphatic carbocycles. The maximum atomic E-state index is 12.9. The zero-order valence-corrected chi connectivity index (χ0v) is 12.8. The third-order valence-electron chi connectivity index (χ3n) is 2.81. The fourth-order valence-corrected chi connectivity index (χ4v) is 2.34. The van der Waals surface area contributed by atoms with Gasteiger partial charge in [-0.15, -0.1) is 0 Å². The van der Waals surface area contributed by atoms with Gasteiger partial charge in [0.2, 0.25) is 0 Å². The number of nitrogens with one attached hydrogen (secondary N) is 1. The molecule has 0 radical (unpaired) electrons. The number of ether oxygens (including phenoxy) is 1. The van der Waals surface area contributed by atoms with Crippen molar-refractivity contribution in [1.29, 1.82) is 0 Å². The Labute approximate surface area is 129 Å².